The van der Waals surface area contributed by atoms with Crippen LogP contribution in [0.1, 0.15) is 67.0 Å². The summed E-state index contributed by atoms with van der Waals surface area (Å²) in [4.78, 5) is 29.1. The normalized spacial score (nSPS) is 17.8. The first-order chi connectivity index (χ1) is 21.3. The molecule has 2 saturated heterocycles. The van der Waals surface area contributed by atoms with Gasteiger partial charge in [-0.3, -0.25) is 4.90 Å². The highest BCUT2D eigenvalue weighted by Gasteiger charge is 2.41. The maximum atomic E-state index is 13.4. The minimum Gasteiger partial charge on any atom is -0.455 e. The van der Waals surface area contributed by atoms with Crippen molar-refractivity contribution < 1.29 is 28.5 Å². The largest absolute Gasteiger partial charge is 0.455 e. The summed E-state index contributed by atoms with van der Waals surface area (Å²) in [6, 6.07) is 11.2. The van der Waals surface area contributed by atoms with E-state index < -0.39 is 23.4 Å². The number of hydrogen-bond acceptors (Lipinski definition) is 8. The average Bonchev–Trinajstić information content (AvgIpc) is 3.50. The first-order valence-corrected chi connectivity index (χ1v) is 16.9. The molecular formula is C33H39BrN4O6S. The third kappa shape index (κ3) is 6.78. The van der Waals surface area contributed by atoms with E-state index in [1.54, 1.807) is 21.1 Å². The molecule has 1 atom stereocenters. The second-order valence-electron chi connectivity index (χ2n) is 13.5. The molecule has 4 aromatic rings. The zero-order chi connectivity index (χ0) is 32.1. The number of rotatable bonds is 5. The second kappa shape index (κ2) is 12.1. The summed E-state index contributed by atoms with van der Waals surface area (Å²) >= 11 is 5.33. The van der Waals surface area contributed by atoms with E-state index in [1.807, 2.05) is 76.7 Å². The maximum Gasteiger partial charge on any atom is 0.415 e. The molecule has 4 heterocycles. The Morgan fingerprint density at radius 2 is 1.69 bits per heavy atom. The van der Waals surface area contributed by atoms with E-state index in [9.17, 15) is 9.59 Å². The molecule has 45 heavy (non-hydrogen) atoms. The highest BCUT2D eigenvalue weighted by Crippen LogP contribution is 2.47. The number of anilines is 1. The van der Waals surface area contributed by atoms with Gasteiger partial charge >= 0.3 is 12.2 Å². The summed E-state index contributed by atoms with van der Waals surface area (Å²) in [7, 11) is 0. The fourth-order valence-corrected chi connectivity index (χ4v) is 7.27. The minimum atomic E-state index is -0.676. The Kier molecular flexibility index (Phi) is 8.51. The van der Waals surface area contributed by atoms with Gasteiger partial charge in [0.1, 0.15) is 20.7 Å². The van der Waals surface area contributed by atoms with Gasteiger partial charge < -0.3 is 23.8 Å². The number of fused-ring (bicyclic) bond motifs is 3. The number of thiophene rings is 1. The lowest BCUT2D eigenvalue weighted by Crippen LogP contribution is -2.63. The molecule has 2 aromatic heterocycles. The average molecular weight is 700 g/mol. The quantitative estimate of drug-likeness (QED) is 0.205. The zero-order valence-electron chi connectivity index (χ0n) is 26.5. The molecule has 2 fully saturated rings. The summed E-state index contributed by atoms with van der Waals surface area (Å²) in [6.45, 7) is 12.4. The number of ether oxygens (including phenoxy) is 4. The van der Waals surface area contributed by atoms with Gasteiger partial charge in [-0.1, -0.05) is 0 Å². The Hall–Kier alpha value is -3.35. The molecule has 10 nitrogen and oxygen atoms in total. The van der Waals surface area contributed by atoms with Gasteiger partial charge in [-0.05, 0) is 113 Å². The maximum absolute atomic E-state index is 13.4. The van der Waals surface area contributed by atoms with Crippen LogP contribution in [0.2, 0.25) is 0 Å². The first-order valence-electron chi connectivity index (χ1n) is 15.3. The Balaban J connectivity index is 1.22. The van der Waals surface area contributed by atoms with E-state index in [0.29, 0.717) is 24.5 Å². The van der Waals surface area contributed by atoms with E-state index in [0.717, 1.165) is 56.4 Å². The fourth-order valence-electron chi connectivity index (χ4n) is 5.53. The molecule has 2 amide bonds. The molecule has 0 N–H and O–H groups in total. The van der Waals surface area contributed by atoms with Crippen molar-refractivity contribution >= 4 is 66.1 Å². The Morgan fingerprint density at radius 1 is 0.978 bits per heavy atom. The van der Waals surface area contributed by atoms with Gasteiger partial charge in [0.2, 0.25) is 0 Å². The van der Waals surface area contributed by atoms with Crippen molar-refractivity contribution in [2.45, 2.75) is 84.3 Å². The van der Waals surface area contributed by atoms with Crippen LogP contribution in [-0.4, -0.2) is 63.8 Å². The number of likely N-dealkylation sites (tertiary alicyclic amines) is 1. The monoisotopic (exact) mass is 698 g/mol. The number of amides is 2. The Morgan fingerprint density at radius 3 is 2.33 bits per heavy atom. The van der Waals surface area contributed by atoms with Crippen molar-refractivity contribution in [1.29, 1.82) is 0 Å². The number of carbonyl (C=O) groups is 2. The predicted octanol–water partition coefficient (Wildman–Crippen LogP) is 8.87. The Labute approximate surface area is 275 Å². The summed E-state index contributed by atoms with van der Waals surface area (Å²) < 4.78 is 27.6. The third-order valence-electron chi connectivity index (χ3n) is 7.58. The van der Waals surface area contributed by atoms with Crippen molar-refractivity contribution in [2.24, 2.45) is 0 Å². The molecule has 0 radical (unpaired) electrons. The van der Waals surface area contributed by atoms with Crippen LogP contribution in [0, 0.1) is 0 Å². The van der Waals surface area contributed by atoms with Crippen LogP contribution >= 0.6 is 27.3 Å². The van der Waals surface area contributed by atoms with E-state index in [-0.39, 0.29) is 12.3 Å². The molecule has 1 unspecified atom stereocenters. The molecule has 2 aliphatic rings. The number of benzene rings is 2. The van der Waals surface area contributed by atoms with Crippen molar-refractivity contribution in [3.8, 4) is 11.5 Å². The summed E-state index contributed by atoms with van der Waals surface area (Å²) in [5.74, 6) is 1.35. The number of nitrogens with zero attached hydrogens (tertiary/aromatic N) is 4. The smallest absolute Gasteiger partial charge is 0.415 e. The molecule has 0 saturated carbocycles. The lowest BCUT2D eigenvalue weighted by molar-refractivity contribution is -0.0366. The SMILES string of the molecule is CC(C)(C)OC(=O)N1CC(N(C(=O)OC(C)(C)C)c2ccc(Oc3c(Br)sc4c3ccc3c4cnn3C3CCCCO3)cc2)C1. The van der Waals surface area contributed by atoms with Crippen molar-refractivity contribution in [1.82, 2.24) is 14.7 Å². The molecule has 0 bridgehead atoms. The topological polar surface area (TPSA) is 95.4 Å². The molecule has 2 aliphatic heterocycles. The van der Waals surface area contributed by atoms with Crippen LogP contribution in [0.3, 0.4) is 0 Å². The van der Waals surface area contributed by atoms with Crippen molar-refractivity contribution in [2.75, 3.05) is 24.6 Å². The highest BCUT2D eigenvalue weighted by molar-refractivity contribution is 9.11. The molecule has 12 heteroatoms. The minimum absolute atomic E-state index is 0.0353. The van der Waals surface area contributed by atoms with E-state index in [2.05, 4.69) is 33.2 Å². The lowest BCUT2D eigenvalue weighted by Gasteiger charge is -2.45. The lowest BCUT2D eigenvalue weighted by atomic mass is 10.1. The van der Waals surface area contributed by atoms with Crippen LogP contribution in [0.25, 0.3) is 21.0 Å². The Bertz CT molecular complexity index is 1710. The van der Waals surface area contributed by atoms with Crippen molar-refractivity contribution in [3.63, 3.8) is 0 Å². The molecule has 240 valence electrons. The van der Waals surface area contributed by atoms with Gasteiger partial charge in [0.05, 0.1) is 22.5 Å². The number of hydrogen-bond donors (Lipinski definition) is 0. The number of aromatic nitrogens is 2. The van der Waals surface area contributed by atoms with Gasteiger partial charge in [-0.2, -0.15) is 5.10 Å². The van der Waals surface area contributed by atoms with Gasteiger partial charge in [0, 0.05) is 36.2 Å². The second-order valence-corrected chi connectivity index (χ2v) is 15.8. The first kappa shape index (κ1) is 31.6. The van der Waals surface area contributed by atoms with Gasteiger partial charge in [-0.25, -0.2) is 14.3 Å². The van der Waals surface area contributed by atoms with Crippen LogP contribution < -0.4 is 9.64 Å². The molecule has 6 rings (SSSR count). The molecule has 0 spiro atoms. The van der Waals surface area contributed by atoms with Crippen molar-refractivity contribution in [3.05, 3.63) is 46.4 Å². The zero-order valence-corrected chi connectivity index (χ0v) is 28.9. The predicted molar refractivity (Wildman–Crippen MR) is 178 cm³/mol. The van der Waals surface area contributed by atoms with Crippen LogP contribution in [0.5, 0.6) is 11.5 Å². The van der Waals surface area contributed by atoms with Gasteiger partial charge in [0.25, 0.3) is 0 Å². The standard InChI is InChI=1S/C33H39BrN4O6S/c1-32(2,3)43-30(39)36-18-21(19-36)37(31(40)44-33(4,5)6)20-10-12-22(13-11-20)42-27-23-14-15-25-24(28(23)45-29(27)34)17-35-38(25)26-9-7-8-16-41-26/h10-15,17,21,26H,7-9,16,18-19H2,1-6H3. The van der Waals surface area contributed by atoms with E-state index >= 15 is 0 Å². The third-order valence-corrected chi connectivity index (χ3v) is 9.43. The summed E-state index contributed by atoms with van der Waals surface area (Å²) in [6.07, 6.45) is 4.19. The molecule has 0 aliphatic carbocycles. The molecular weight excluding hydrogens is 660 g/mol. The van der Waals surface area contributed by atoms with Gasteiger partial charge in [0.15, 0.2) is 12.0 Å². The fraction of sp³-hybridized carbons (Fsp3) is 0.485. The number of halogens is 1. The van der Waals surface area contributed by atoms with E-state index in [1.165, 1.54) is 0 Å². The molecule has 2 aromatic carbocycles. The number of carbonyl (C=O) groups excluding carboxylic acids is 2. The van der Waals surface area contributed by atoms with Crippen LogP contribution in [0.15, 0.2) is 46.4 Å². The summed E-state index contributed by atoms with van der Waals surface area (Å²) in [5, 5.41) is 6.73. The highest BCUT2D eigenvalue weighted by atomic mass is 79.9. The van der Waals surface area contributed by atoms with Gasteiger partial charge in [-0.15, -0.1) is 11.3 Å². The summed E-state index contributed by atoms with van der Waals surface area (Å²) in [5.41, 5.74) is 0.426. The van der Waals surface area contributed by atoms with Crippen LogP contribution in [0.4, 0.5) is 15.3 Å². The van der Waals surface area contributed by atoms with E-state index in [4.69, 9.17) is 18.9 Å². The van der Waals surface area contributed by atoms with Crippen LogP contribution in [-0.2, 0) is 14.2 Å².